The molecule has 0 aromatic rings. The van der Waals surface area contributed by atoms with Crippen LogP contribution in [0.25, 0.3) is 0 Å². The highest BCUT2D eigenvalue weighted by atomic mass is 16.2. The number of carbonyl (C=O) groups is 2. The summed E-state index contributed by atoms with van der Waals surface area (Å²) < 4.78 is 0. The summed E-state index contributed by atoms with van der Waals surface area (Å²) in [6, 6.07) is -0.449. The van der Waals surface area contributed by atoms with Crippen molar-refractivity contribution in [1.29, 1.82) is 0 Å². The van der Waals surface area contributed by atoms with Gasteiger partial charge in [0.2, 0.25) is 11.8 Å². The van der Waals surface area contributed by atoms with Gasteiger partial charge in [-0.3, -0.25) is 9.59 Å². The first kappa shape index (κ1) is 21.9. The zero-order valence-electron chi connectivity index (χ0n) is 15.2. The Morgan fingerprint density at radius 1 is 0.913 bits per heavy atom. The highest BCUT2D eigenvalue weighted by Crippen LogP contribution is 2.10. The summed E-state index contributed by atoms with van der Waals surface area (Å²) in [5, 5.41) is 5.41. The Morgan fingerprint density at radius 2 is 1.48 bits per heavy atom. The quantitative estimate of drug-likeness (QED) is 0.404. The normalized spacial score (nSPS) is 12.0. The lowest BCUT2D eigenvalue weighted by Crippen LogP contribution is -2.45. The van der Waals surface area contributed by atoms with Crippen LogP contribution in [-0.2, 0) is 9.59 Å². The maximum atomic E-state index is 11.9. The number of amides is 2. The van der Waals surface area contributed by atoms with Crippen molar-refractivity contribution in [1.82, 2.24) is 10.6 Å². The second-order valence-corrected chi connectivity index (χ2v) is 6.24. The van der Waals surface area contributed by atoms with E-state index in [1.807, 2.05) is 0 Å². The first-order valence-corrected chi connectivity index (χ1v) is 9.36. The minimum atomic E-state index is -0.449. The number of hydrogen-bond donors (Lipinski definition) is 3. The van der Waals surface area contributed by atoms with Crippen molar-refractivity contribution in [2.75, 3.05) is 13.6 Å². The zero-order valence-corrected chi connectivity index (χ0v) is 15.2. The third-order valence-electron chi connectivity index (χ3n) is 4.10. The van der Waals surface area contributed by atoms with Crippen LogP contribution in [0.3, 0.4) is 0 Å². The van der Waals surface area contributed by atoms with E-state index >= 15 is 0 Å². The van der Waals surface area contributed by atoms with Crippen LogP contribution in [0, 0.1) is 0 Å². The molecule has 136 valence electrons. The van der Waals surface area contributed by atoms with E-state index in [0.717, 1.165) is 19.3 Å². The van der Waals surface area contributed by atoms with Crippen molar-refractivity contribution in [2.45, 2.75) is 90.0 Å². The highest BCUT2D eigenvalue weighted by molar-refractivity contribution is 5.87. The molecule has 1 unspecified atom stereocenters. The van der Waals surface area contributed by atoms with Gasteiger partial charge in [-0.05, 0) is 25.8 Å². The second kappa shape index (κ2) is 15.8. The number of carbonyl (C=O) groups excluding carboxylic acids is 2. The van der Waals surface area contributed by atoms with Gasteiger partial charge in [0, 0.05) is 13.5 Å². The van der Waals surface area contributed by atoms with Gasteiger partial charge in [-0.2, -0.15) is 0 Å². The third-order valence-corrected chi connectivity index (χ3v) is 4.10. The van der Waals surface area contributed by atoms with E-state index in [4.69, 9.17) is 5.73 Å². The lowest BCUT2D eigenvalue weighted by Gasteiger charge is -2.16. The van der Waals surface area contributed by atoms with Gasteiger partial charge in [0.15, 0.2) is 0 Å². The van der Waals surface area contributed by atoms with Crippen molar-refractivity contribution >= 4 is 11.8 Å². The Kier molecular flexibility index (Phi) is 15.0. The molecule has 0 rings (SSSR count). The zero-order chi connectivity index (χ0) is 17.3. The lowest BCUT2D eigenvalue weighted by molar-refractivity contribution is -0.129. The molecule has 4 N–H and O–H groups in total. The SMILES string of the molecule is CCCCCCCCCCCC(=O)NC(CCCN)C(=O)NC. The van der Waals surface area contributed by atoms with Crippen LogP contribution in [0.5, 0.6) is 0 Å². The molecule has 0 aliphatic rings. The van der Waals surface area contributed by atoms with E-state index in [9.17, 15) is 9.59 Å². The van der Waals surface area contributed by atoms with Gasteiger partial charge in [-0.15, -0.1) is 0 Å². The third kappa shape index (κ3) is 13.1. The predicted molar refractivity (Wildman–Crippen MR) is 96.1 cm³/mol. The van der Waals surface area contributed by atoms with Crippen LogP contribution in [0.15, 0.2) is 0 Å². The van der Waals surface area contributed by atoms with Gasteiger partial charge in [0.05, 0.1) is 0 Å². The largest absolute Gasteiger partial charge is 0.357 e. The van der Waals surface area contributed by atoms with Crippen molar-refractivity contribution in [2.24, 2.45) is 5.73 Å². The fourth-order valence-electron chi connectivity index (χ4n) is 2.63. The summed E-state index contributed by atoms with van der Waals surface area (Å²) >= 11 is 0. The summed E-state index contributed by atoms with van der Waals surface area (Å²) in [5.41, 5.74) is 5.47. The molecule has 0 bridgehead atoms. The number of nitrogens with two attached hydrogens (primary N) is 1. The molecule has 0 spiro atoms. The average molecular weight is 328 g/mol. The highest BCUT2D eigenvalue weighted by Gasteiger charge is 2.18. The molecule has 0 fully saturated rings. The summed E-state index contributed by atoms with van der Waals surface area (Å²) in [6.07, 6.45) is 12.9. The summed E-state index contributed by atoms with van der Waals surface area (Å²) in [7, 11) is 1.59. The molecule has 5 heteroatoms. The number of likely N-dealkylation sites (N-methyl/N-ethyl adjacent to an activating group) is 1. The van der Waals surface area contributed by atoms with Gasteiger partial charge in [0.25, 0.3) is 0 Å². The Labute approximate surface area is 142 Å². The Bertz CT molecular complexity index is 309. The first-order valence-electron chi connectivity index (χ1n) is 9.36. The Hall–Kier alpha value is -1.10. The fourth-order valence-corrected chi connectivity index (χ4v) is 2.63. The van der Waals surface area contributed by atoms with Crippen LogP contribution in [0.1, 0.15) is 84.0 Å². The fraction of sp³-hybridized carbons (Fsp3) is 0.889. The molecule has 2 amide bonds. The second-order valence-electron chi connectivity index (χ2n) is 6.24. The smallest absolute Gasteiger partial charge is 0.242 e. The molecular weight excluding hydrogens is 290 g/mol. The molecule has 23 heavy (non-hydrogen) atoms. The van der Waals surface area contributed by atoms with Crippen molar-refractivity contribution in [3.05, 3.63) is 0 Å². The topological polar surface area (TPSA) is 84.2 Å². The molecule has 0 aromatic carbocycles. The van der Waals surface area contributed by atoms with E-state index in [2.05, 4.69) is 17.6 Å². The maximum absolute atomic E-state index is 11.9. The molecule has 0 saturated heterocycles. The number of rotatable bonds is 15. The van der Waals surface area contributed by atoms with Gasteiger partial charge >= 0.3 is 0 Å². The number of hydrogen-bond acceptors (Lipinski definition) is 3. The van der Waals surface area contributed by atoms with Gasteiger partial charge in [-0.25, -0.2) is 0 Å². The monoisotopic (exact) mass is 327 g/mol. The van der Waals surface area contributed by atoms with Crippen LogP contribution < -0.4 is 16.4 Å². The molecule has 0 heterocycles. The summed E-state index contributed by atoms with van der Waals surface area (Å²) in [6.45, 7) is 2.76. The van der Waals surface area contributed by atoms with Crippen molar-refractivity contribution < 1.29 is 9.59 Å². The van der Waals surface area contributed by atoms with Crippen LogP contribution in [0.2, 0.25) is 0 Å². The van der Waals surface area contributed by atoms with Crippen LogP contribution in [0.4, 0.5) is 0 Å². The average Bonchev–Trinajstić information content (AvgIpc) is 2.56. The van der Waals surface area contributed by atoms with Gasteiger partial charge in [-0.1, -0.05) is 58.3 Å². The minimum absolute atomic E-state index is 0.0291. The number of unbranched alkanes of at least 4 members (excludes halogenated alkanes) is 8. The molecule has 0 aliphatic carbocycles. The van der Waals surface area contributed by atoms with E-state index in [1.165, 1.54) is 44.9 Å². The predicted octanol–water partition coefficient (Wildman–Crippen LogP) is 2.88. The number of nitrogens with one attached hydrogen (secondary N) is 2. The van der Waals surface area contributed by atoms with E-state index < -0.39 is 6.04 Å². The van der Waals surface area contributed by atoms with E-state index in [-0.39, 0.29) is 11.8 Å². The van der Waals surface area contributed by atoms with Crippen molar-refractivity contribution in [3.8, 4) is 0 Å². The minimum Gasteiger partial charge on any atom is -0.357 e. The first-order chi connectivity index (χ1) is 11.2. The maximum Gasteiger partial charge on any atom is 0.242 e. The molecule has 0 radical (unpaired) electrons. The summed E-state index contributed by atoms with van der Waals surface area (Å²) in [4.78, 5) is 23.6. The van der Waals surface area contributed by atoms with Crippen LogP contribution >= 0.6 is 0 Å². The Morgan fingerprint density at radius 3 is 2.00 bits per heavy atom. The standard InChI is InChI=1S/C18H37N3O2/c1-3-4-5-6-7-8-9-10-11-14-17(22)21-16(13-12-15-19)18(23)20-2/h16H,3-15,19H2,1-2H3,(H,20,23)(H,21,22). The van der Waals surface area contributed by atoms with Gasteiger partial charge < -0.3 is 16.4 Å². The van der Waals surface area contributed by atoms with E-state index in [0.29, 0.717) is 19.4 Å². The molecule has 0 saturated carbocycles. The molecular formula is C18H37N3O2. The molecule has 0 aromatic heterocycles. The Balaban J connectivity index is 3.69. The van der Waals surface area contributed by atoms with E-state index in [1.54, 1.807) is 7.05 Å². The molecule has 0 aliphatic heterocycles. The molecule has 5 nitrogen and oxygen atoms in total. The molecule has 1 atom stereocenters. The van der Waals surface area contributed by atoms with Crippen LogP contribution in [-0.4, -0.2) is 31.4 Å². The summed E-state index contributed by atoms with van der Waals surface area (Å²) in [5.74, 6) is -0.169. The van der Waals surface area contributed by atoms with Gasteiger partial charge in [0.1, 0.15) is 6.04 Å². The van der Waals surface area contributed by atoms with Crippen molar-refractivity contribution in [3.63, 3.8) is 0 Å². The lowest BCUT2D eigenvalue weighted by atomic mass is 10.1.